The molecule has 1 aliphatic heterocycles. The van der Waals surface area contributed by atoms with Crippen LogP contribution in [0.25, 0.3) is 0 Å². The Morgan fingerprint density at radius 2 is 2.25 bits per heavy atom. The van der Waals surface area contributed by atoms with Crippen LogP contribution < -0.4 is 10.5 Å². The SMILES string of the molecule is Cc1sc(CN)cc1S(=O)(=O)NCC1CCCCN1C. The van der Waals surface area contributed by atoms with Gasteiger partial charge in [0, 0.05) is 28.9 Å². The predicted molar refractivity (Wildman–Crippen MR) is 82.4 cm³/mol. The van der Waals surface area contributed by atoms with Crippen LogP contribution in [0.15, 0.2) is 11.0 Å². The number of likely N-dealkylation sites (N-methyl/N-ethyl adjacent to an activating group) is 1. The largest absolute Gasteiger partial charge is 0.326 e. The molecule has 3 N–H and O–H groups in total. The lowest BCUT2D eigenvalue weighted by Crippen LogP contribution is -2.44. The van der Waals surface area contributed by atoms with E-state index in [9.17, 15) is 8.42 Å². The van der Waals surface area contributed by atoms with Crippen molar-refractivity contribution in [3.63, 3.8) is 0 Å². The van der Waals surface area contributed by atoms with Crippen molar-refractivity contribution in [3.05, 3.63) is 15.8 Å². The quantitative estimate of drug-likeness (QED) is 0.858. The minimum atomic E-state index is -3.42. The molecule has 0 aromatic carbocycles. The molecular weight excluding hydrogens is 294 g/mol. The molecule has 0 spiro atoms. The second-order valence-corrected chi connectivity index (χ2v) is 8.40. The van der Waals surface area contributed by atoms with Crippen LogP contribution in [0.4, 0.5) is 0 Å². The van der Waals surface area contributed by atoms with Crippen LogP contribution in [-0.2, 0) is 16.6 Å². The summed E-state index contributed by atoms with van der Waals surface area (Å²) < 4.78 is 27.5. The summed E-state index contributed by atoms with van der Waals surface area (Å²) in [4.78, 5) is 4.31. The maximum absolute atomic E-state index is 12.4. The van der Waals surface area contributed by atoms with Gasteiger partial charge in [-0.1, -0.05) is 6.42 Å². The lowest BCUT2D eigenvalue weighted by Gasteiger charge is -2.32. The minimum absolute atomic E-state index is 0.298. The Kier molecular flexibility index (Phi) is 5.19. The maximum Gasteiger partial charge on any atom is 0.241 e. The van der Waals surface area contributed by atoms with E-state index in [-0.39, 0.29) is 0 Å². The van der Waals surface area contributed by atoms with Crippen molar-refractivity contribution >= 4 is 21.4 Å². The summed E-state index contributed by atoms with van der Waals surface area (Å²) in [5.74, 6) is 0. The summed E-state index contributed by atoms with van der Waals surface area (Å²) in [7, 11) is -1.37. The third kappa shape index (κ3) is 3.59. The summed E-state index contributed by atoms with van der Waals surface area (Å²) in [5.41, 5.74) is 5.57. The highest BCUT2D eigenvalue weighted by Crippen LogP contribution is 2.25. The van der Waals surface area contributed by atoms with Crippen molar-refractivity contribution in [2.75, 3.05) is 20.1 Å². The smallest absolute Gasteiger partial charge is 0.241 e. The third-order valence-corrected chi connectivity index (χ3v) is 6.60. The Balaban J connectivity index is 2.05. The fourth-order valence-corrected chi connectivity index (χ4v) is 5.16. The van der Waals surface area contributed by atoms with Crippen LogP contribution in [0.3, 0.4) is 0 Å². The van der Waals surface area contributed by atoms with Crippen LogP contribution in [0, 0.1) is 6.92 Å². The molecule has 0 radical (unpaired) electrons. The van der Waals surface area contributed by atoms with E-state index in [1.807, 2.05) is 6.92 Å². The Morgan fingerprint density at radius 3 is 2.85 bits per heavy atom. The van der Waals surface area contributed by atoms with E-state index in [0.717, 1.165) is 22.7 Å². The molecule has 1 atom stereocenters. The van der Waals surface area contributed by atoms with Gasteiger partial charge in [-0.3, -0.25) is 0 Å². The Morgan fingerprint density at radius 1 is 1.50 bits per heavy atom. The molecular formula is C13H23N3O2S2. The first-order valence-electron chi connectivity index (χ1n) is 6.93. The highest BCUT2D eigenvalue weighted by Gasteiger charge is 2.24. The molecule has 2 heterocycles. The van der Waals surface area contributed by atoms with E-state index in [2.05, 4.69) is 16.7 Å². The lowest BCUT2D eigenvalue weighted by atomic mass is 10.0. The number of nitrogens with zero attached hydrogens (tertiary/aromatic N) is 1. The molecule has 0 amide bonds. The molecule has 1 aromatic heterocycles. The average Bonchev–Trinajstić information content (AvgIpc) is 2.80. The van der Waals surface area contributed by atoms with Gasteiger partial charge in [0.05, 0.1) is 4.90 Å². The topological polar surface area (TPSA) is 75.4 Å². The monoisotopic (exact) mass is 317 g/mol. The fraction of sp³-hybridized carbons (Fsp3) is 0.692. The van der Waals surface area contributed by atoms with Gasteiger partial charge < -0.3 is 10.6 Å². The van der Waals surface area contributed by atoms with Crippen LogP contribution in [-0.4, -0.2) is 39.5 Å². The molecule has 20 heavy (non-hydrogen) atoms. The number of hydrogen-bond acceptors (Lipinski definition) is 5. The molecule has 0 aliphatic carbocycles. The fourth-order valence-electron chi connectivity index (χ4n) is 2.58. The lowest BCUT2D eigenvalue weighted by molar-refractivity contribution is 0.187. The van der Waals surface area contributed by atoms with Gasteiger partial charge in [-0.25, -0.2) is 13.1 Å². The summed E-state index contributed by atoms with van der Waals surface area (Å²) in [6.07, 6.45) is 3.42. The van der Waals surface area contributed by atoms with E-state index in [1.54, 1.807) is 6.07 Å². The molecule has 1 saturated heterocycles. The Labute approximate surface area is 125 Å². The standard InChI is InChI=1S/C13H23N3O2S2/c1-10-13(7-12(8-14)19-10)20(17,18)15-9-11-5-3-4-6-16(11)2/h7,11,15H,3-6,8-9,14H2,1-2H3. The number of nitrogens with one attached hydrogen (secondary N) is 1. The van der Waals surface area contributed by atoms with Crippen molar-refractivity contribution in [2.45, 2.75) is 43.7 Å². The van der Waals surface area contributed by atoms with Gasteiger partial charge in [-0.15, -0.1) is 11.3 Å². The number of rotatable bonds is 5. The van der Waals surface area contributed by atoms with Crippen LogP contribution in [0.1, 0.15) is 29.0 Å². The van der Waals surface area contributed by atoms with Crippen LogP contribution in [0.5, 0.6) is 0 Å². The zero-order chi connectivity index (χ0) is 14.8. The van der Waals surface area contributed by atoms with Crippen molar-refractivity contribution in [2.24, 2.45) is 5.73 Å². The number of likely N-dealkylation sites (tertiary alicyclic amines) is 1. The van der Waals surface area contributed by atoms with E-state index in [1.165, 1.54) is 24.2 Å². The molecule has 7 heteroatoms. The van der Waals surface area contributed by atoms with Crippen molar-refractivity contribution in [3.8, 4) is 0 Å². The van der Waals surface area contributed by atoms with Crippen molar-refractivity contribution < 1.29 is 8.42 Å². The molecule has 1 aliphatic rings. The van der Waals surface area contributed by atoms with E-state index >= 15 is 0 Å². The first kappa shape index (κ1) is 15.9. The summed E-state index contributed by atoms with van der Waals surface area (Å²) in [6.45, 7) is 3.73. The average molecular weight is 317 g/mol. The highest BCUT2D eigenvalue weighted by atomic mass is 32.2. The van der Waals surface area contributed by atoms with Gasteiger partial charge in [0.15, 0.2) is 0 Å². The van der Waals surface area contributed by atoms with Gasteiger partial charge in [-0.2, -0.15) is 0 Å². The molecule has 1 aromatic rings. The van der Waals surface area contributed by atoms with Gasteiger partial charge in [0.25, 0.3) is 0 Å². The summed E-state index contributed by atoms with van der Waals surface area (Å²) >= 11 is 1.45. The number of nitrogens with two attached hydrogens (primary N) is 1. The van der Waals surface area contributed by atoms with Crippen molar-refractivity contribution in [1.82, 2.24) is 9.62 Å². The normalized spacial score (nSPS) is 21.2. The maximum atomic E-state index is 12.4. The van der Waals surface area contributed by atoms with E-state index < -0.39 is 10.0 Å². The first-order valence-corrected chi connectivity index (χ1v) is 9.23. The minimum Gasteiger partial charge on any atom is -0.326 e. The van der Waals surface area contributed by atoms with Gasteiger partial charge in [0.1, 0.15) is 0 Å². The van der Waals surface area contributed by atoms with Gasteiger partial charge >= 0.3 is 0 Å². The van der Waals surface area contributed by atoms with E-state index in [0.29, 0.717) is 24.0 Å². The number of hydrogen-bond donors (Lipinski definition) is 2. The number of sulfonamides is 1. The molecule has 2 rings (SSSR count). The van der Waals surface area contributed by atoms with Crippen LogP contribution in [0.2, 0.25) is 0 Å². The summed E-state index contributed by atoms with van der Waals surface area (Å²) in [5, 5.41) is 0. The van der Waals surface area contributed by atoms with E-state index in [4.69, 9.17) is 5.73 Å². The zero-order valence-electron chi connectivity index (χ0n) is 12.1. The molecule has 0 bridgehead atoms. The molecule has 1 fully saturated rings. The highest BCUT2D eigenvalue weighted by molar-refractivity contribution is 7.89. The Bertz CT molecular complexity index is 554. The number of piperidine rings is 1. The molecule has 5 nitrogen and oxygen atoms in total. The molecule has 114 valence electrons. The van der Waals surface area contributed by atoms with Gasteiger partial charge in [0.2, 0.25) is 10.0 Å². The van der Waals surface area contributed by atoms with Crippen molar-refractivity contribution in [1.29, 1.82) is 0 Å². The number of aryl methyl sites for hydroxylation is 1. The second-order valence-electron chi connectivity index (χ2n) is 5.32. The first-order chi connectivity index (χ1) is 9.44. The molecule has 0 saturated carbocycles. The Hall–Kier alpha value is -0.470. The third-order valence-electron chi connectivity index (χ3n) is 3.84. The number of thiophene rings is 1. The second kappa shape index (κ2) is 6.53. The summed E-state index contributed by atoms with van der Waals surface area (Å²) in [6, 6.07) is 1.99. The van der Waals surface area contributed by atoms with Crippen LogP contribution >= 0.6 is 11.3 Å². The zero-order valence-corrected chi connectivity index (χ0v) is 13.7. The molecule has 1 unspecified atom stereocenters. The predicted octanol–water partition coefficient (Wildman–Crippen LogP) is 1.28. The van der Waals surface area contributed by atoms with Gasteiger partial charge in [-0.05, 0) is 39.4 Å².